The number of rotatable bonds is 4. The minimum atomic E-state index is 0.773. The molecule has 0 bridgehead atoms. The van der Waals surface area contributed by atoms with E-state index in [0.717, 1.165) is 28.1 Å². The van der Waals surface area contributed by atoms with Gasteiger partial charge in [-0.2, -0.15) is 0 Å². The fourth-order valence-electron chi connectivity index (χ4n) is 1.19. The number of aryl methyl sites for hydroxylation is 1. The molecule has 0 spiro atoms. The summed E-state index contributed by atoms with van der Waals surface area (Å²) in [6.07, 6.45) is 1.86. The lowest BCUT2D eigenvalue weighted by molar-refractivity contribution is 0.969. The Balaban J connectivity index is 1.94. The highest BCUT2D eigenvalue weighted by Gasteiger charge is 2.01. The topological polar surface area (TPSA) is 66.5 Å². The molecule has 0 aliphatic heterocycles. The molecular formula is C10H13N5S. The number of thioether (sulfide) groups is 1. The van der Waals surface area contributed by atoms with E-state index in [-0.39, 0.29) is 0 Å². The SMILES string of the molecule is CNc1ccc(CSc2n[nH]c(C)n2)cn1. The Bertz CT molecular complexity index is 450. The number of aromatic nitrogens is 4. The third kappa shape index (κ3) is 2.73. The number of pyridine rings is 1. The van der Waals surface area contributed by atoms with E-state index in [1.54, 1.807) is 11.8 Å². The van der Waals surface area contributed by atoms with Gasteiger partial charge in [-0.25, -0.2) is 9.97 Å². The quantitative estimate of drug-likeness (QED) is 0.792. The van der Waals surface area contributed by atoms with Gasteiger partial charge in [0.1, 0.15) is 11.6 Å². The zero-order valence-corrected chi connectivity index (χ0v) is 10.0. The molecule has 0 unspecified atom stereocenters. The number of hydrogen-bond acceptors (Lipinski definition) is 5. The zero-order valence-electron chi connectivity index (χ0n) is 9.19. The van der Waals surface area contributed by atoms with Crippen LogP contribution in [0.4, 0.5) is 5.82 Å². The first kappa shape index (κ1) is 10.9. The lowest BCUT2D eigenvalue weighted by Crippen LogP contribution is -1.92. The minimum Gasteiger partial charge on any atom is -0.373 e. The summed E-state index contributed by atoms with van der Waals surface area (Å²) in [5.74, 6) is 2.54. The molecule has 2 N–H and O–H groups in total. The predicted molar refractivity (Wildman–Crippen MR) is 64.5 cm³/mol. The highest BCUT2D eigenvalue weighted by atomic mass is 32.2. The second kappa shape index (κ2) is 4.98. The van der Waals surface area contributed by atoms with Crippen molar-refractivity contribution < 1.29 is 0 Å². The van der Waals surface area contributed by atoms with Gasteiger partial charge < -0.3 is 5.32 Å². The molecule has 0 saturated heterocycles. The van der Waals surface area contributed by atoms with Crippen LogP contribution in [0.5, 0.6) is 0 Å². The fraction of sp³-hybridized carbons (Fsp3) is 0.300. The highest BCUT2D eigenvalue weighted by Crippen LogP contribution is 2.18. The third-order valence-electron chi connectivity index (χ3n) is 2.03. The van der Waals surface area contributed by atoms with Crippen molar-refractivity contribution in [1.82, 2.24) is 20.2 Å². The van der Waals surface area contributed by atoms with Crippen molar-refractivity contribution in [2.45, 2.75) is 17.8 Å². The van der Waals surface area contributed by atoms with Crippen molar-refractivity contribution in [2.24, 2.45) is 0 Å². The summed E-state index contributed by atoms with van der Waals surface area (Å²) >= 11 is 1.59. The molecule has 6 heteroatoms. The third-order valence-corrected chi connectivity index (χ3v) is 2.94. The van der Waals surface area contributed by atoms with Crippen LogP contribution in [0.15, 0.2) is 23.5 Å². The van der Waals surface area contributed by atoms with E-state index in [0.29, 0.717) is 0 Å². The van der Waals surface area contributed by atoms with Gasteiger partial charge >= 0.3 is 0 Å². The van der Waals surface area contributed by atoms with E-state index in [9.17, 15) is 0 Å². The molecule has 0 radical (unpaired) electrons. The average Bonchev–Trinajstić information content (AvgIpc) is 2.73. The molecule has 0 amide bonds. The van der Waals surface area contributed by atoms with Gasteiger partial charge in [0.15, 0.2) is 0 Å². The maximum atomic E-state index is 4.24. The summed E-state index contributed by atoms with van der Waals surface area (Å²) in [5, 5.41) is 10.6. The van der Waals surface area contributed by atoms with Crippen molar-refractivity contribution in [1.29, 1.82) is 0 Å². The molecular weight excluding hydrogens is 222 g/mol. The average molecular weight is 235 g/mol. The summed E-state index contributed by atoms with van der Waals surface area (Å²) in [7, 11) is 1.85. The van der Waals surface area contributed by atoms with Gasteiger partial charge in [-0.3, -0.25) is 5.10 Å². The molecule has 5 nitrogen and oxygen atoms in total. The Morgan fingerprint density at radius 1 is 1.44 bits per heavy atom. The second-order valence-corrected chi connectivity index (χ2v) is 4.24. The number of nitrogens with zero attached hydrogens (tertiary/aromatic N) is 3. The van der Waals surface area contributed by atoms with Gasteiger partial charge in [-0.05, 0) is 18.6 Å². The van der Waals surface area contributed by atoms with E-state index in [1.807, 2.05) is 32.3 Å². The Morgan fingerprint density at radius 3 is 2.88 bits per heavy atom. The maximum absolute atomic E-state index is 4.24. The van der Waals surface area contributed by atoms with Crippen molar-refractivity contribution in [3.8, 4) is 0 Å². The molecule has 0 aliphatic rings. The summed E-state index contributed by atoms with van der Waals surface area (Å²) in [6, 6.07) is 4.00. The number of hydrogen-bond donors (Lipinski definition) is 2. The van der Waals surface area contributed by atoms with Crippen molar-refractivity contribution >= 4 is 17.6 Å². The van der Waals surface area contributed by atoms with Crippen molar-refractivity contribution in [3.63, 3.8) is 0 Å². The van der Waals surface area contributed by atoms with Crippen molar-refractivity contribution in [3.05, 3.63) is 29.7 Å². The fourth-order valence-corrected chi connectivity index (χ4v) is 1.97. The molecule has 2 heterocycles. The first-order valence-corrected chi connectivity index (χ1v) is 5.91. The van der Waals surface area contributed by atoms with Gasteiger partial charge in [-0.1, -0.05) is 17.8 Å². The number of aromatic amines is 1. The number of anilines is 1. The normalized spacial score (nSPS) is 10.4. The van der Waals surface area contributed by atoms with Crippen molar-refractivity contribution in [2.75, 3.05) is 12.4 Å². The molecule has 16 heavy (non-hydrogen) atoms. The van der Waals surface area contributed by atoms with Crippen LogP contribution in [0.2, 0.25) is 0 Å². The minimum absolute atomic E-state index is 0.773. The largest absolute Gasteiger partial charge is 0.373 e. The van der Waals surface area contributed by atoms with Crippen LogP contribution in [0.3, 0.4) is 0 Å². The Hall–Kier alpha value is -1.56. The summed E-state index contributed by atoms with van der Waals surface area (Å²) in [5.41, 5.74) is 1.16. The highest BCUT2D eigenvalue weighted by molar-refractivity contribution is 7.98. The van der Waals surface area contributed by atoms with E-state index < -0.39 is 0 Å². The molecule has 0 aliphatic carbocycles. The van der Waals surface area contributed by atoms with E-state index in [4.69, 9.17) is 0 Å². The van der Waals surface area contributed by atoms with Gasteiger partial charge in [-0.15, -0.1) is 5.10 Å². The van der Waals surface area contributed by atoms with E-state index >= 15 is 0 Å². The molecule has 2 rings (SSSR count). The molecule has 84 valence electrons. The van der Waals surface area contributed by atoms with Crippen LogP contribution in [-0.2, 0) is 5.75 Å². The first-order valence-electron chi connectivity index (χ1n) is 4.92. The van der Waals surface area contributed by atoms with Crippen LogP contribution in [0.1, 0.15) is 11.4 Å². The van der Waals surface area contributed by atoms with Gasteiger partial charge in [0.25, 0.3) is 0 Å². The lowest BCUT2D eigenvalue weighted by Gasteiger charge is -2.00. The smallest absolute Gasteiger partial charge is 0.208 e. The van der Waals surface area contributed by atoms with E-state index in [1.165, 1.54) is 0 Å². The summed E-state index contributed by atoms with van der Waals surface area (Å²) < 4.78 is 0. The van der Waals surface area contributed by atoms with Gasteiger partial charge in [0, 0.05) is 19.0 Å². The van der Waals surface area contributed by atoms with E-state index in [2.05, 4.69) is 25.5 Å². The van der Waals surface area contributed by atoms with Gasteiger partial charge in [0.2, 0.25) is 5.16 Å². The Labute approximate surface area is 98.1 Å². The lowest BCUT2D eigenvalue weighted by atomic mass is 10.3. The molecule has 2 aromatic heterocycles. The molecule has 0 saturated carbocycles. The number of nitrogens with one attached hydrogen (secondary N) is 2. The standard InChI is InChI=1S/C10H13N5S/c1-7-13-10(15-14-7)16-6-8-3-4-9(11-2)12-5-8/h3-5H,6H2,1-2H3,(H,11,12)(H,13,14,15). The van der Waals surface area contributed by atoms with Crippen LogP contribution in [-0.4, -0.2) is 27.2 Å². The van der Waals surface area contributed by atoms with Crippen LogP contribution in [0.25, 0.3) is 0 Å². The Morgan fingerprint density at radius 2 is 2.31 bits per heavy atom. The molecule has 0 atom stereocenters. The molecule has 0 fully saturated rings. The monoisotopic (exact) mass is 235 g/mol. The zero-order chi connectivity index (χ0) is 11.4. The summed E-state index contributed by atoms with van der Waals surface area (Å²) in [6.45, 7) is 1.89. The molecule has 0 aromatic carbocycles. The predicted octanol–water partition coefficient (Wildman–Crippen LogP) is 1.84. The number of H-pyrrole nitrogens is 1. The van der Waals surface area contributed by atoms with Crippen LogP contribution < -0.4 is 5.32 Å². The van der Waals surface area contributed by atoms with Gasteiger partial charge in [0.05, 0.1) is 0 Å². The van der Waals surface area contributed by atoms with Crippen LogP contribution in [0, 0.1) is 6.92 Å². The maximum Gasteiger partial charge on any atom is 0.208 e. The van der Waals surface area contributed by atoms with Crippen LogP contribution >= 0.6 is 11.8 Å². The second-order valence-electron chi connectivity index (χ2n) is 3.29. The Kier molecular flexibility index (Phi) is 3.40. The summed E-state index contributed by atoms with van der Waals surface area (Å²) in [4.78, 5) is 8.46. The molecule has 2 aromatic rings. The first-order chi connectivity index (χ1) is 7.78.